The van der Waals surface area contributed by atoms with Crippen molar-refractivity contribution in [2.45, 2.75) is 51.6 Å². The van der Waals surface area contributed by atoms with Gasteiger partial charge in [0.25, 0.3) is 0 Å². The second-order valence-corrected chi connectivity index (χ2v) is 7.26. The van der Waals surface area contributed by atoms with Gasteiger partial charge in [-0.25, -0.2) is 0 Å². The standard InChI is InChI=1S/C15H22N2O2S/c1-15(2,3)17-10-11(9-14(17)19)16-13(18)7-6-12-5-4-8-20-12/h4-5,8,11H,6-7,9-10H2,1-3H3,(H,16,18). The third-order valence-electron chi connectivity index (χ3n) is 3.48. The predicted molar refractivity (Wildman–Crippen MR) is 80.7 cm³/mol. The van der Waals surface area contributed by atoms with Crippen molar-refractivity contribution in [2.75, 3.05) is 6.54 Å². The molecule has 1 aliphatic rings. The number of carbonyl (C=O) groups is 2. The summed E-state index contributed by atoms with van der Waals surface area (Å²) in [5, 5.41) is 4.99. The van der Waals surface area contributed by atoms with Gasteiger partial charge in [-0.1, -0.05) is 6.07 Å². The lowest BCUT2D eigenvalue weighted by atomic mass is 10.1. The highest BCUT2D eigenvalue weighted by atomic mass is 32.1. The summed E-state index contributed by atoms with van der Waals surface area (Å²) in [5.41, 5.74) is -0.173. The molecule has 1 aliphatic heterocycles. The minimum atomic E-state index is -0.173. The highest BCUT2D eigenvalue weighted by Crippen LogP contribution is 2.22. The molecule has 5 heteroatoms. The Balaban J connectivity index is 1.79. The SMILES string of the molecule is CC(C)(C)N1CC(NC(=O)CCc2cccs2)CC1=O. The lowest BCUT2D eigenvalue weighted by Crippen LogP contribution is -2.44. The smallest absolute Gasteiger partial charge is 0.225 e. The van der Waals surface area contributed by atoms with E-state index in [9.17, 15) is 9.59 Å². The molecule has 2 rings (SSSR count). The number of nitrogens with one attached hydrogen (secondary N) is 1. The Morgan fingerprint density at radius 3 is 2.80 bits per heavy atom. The average Bonchev–Trinajstić information content (AvgIpc) is 2.95. The summed E-state index contributed by atoms with van der Waals surface area (Å²) in [6, 6.07) is 3.99. The molecule has 2 heterocycles. The van der Waals surface area contributed by atoms with Crippen molar-refractivity contribution < 1.29 is 9.59 Å². The van der Waals surface area contributed by atoms with Crippen LogP contribution in [0, 0.1) is 0 Å². The molecule has 1 aromatic rings. The van der Waals surface area contributed by atoms with Crippen LogP contribution in [0.4, 0.5) is 0 Å². The van der Waals surface area contributed by atoms with Crippen LogP contribution in [0.3, 0.4) is 0 Å². The minimum Gasteiger partial charge on any atom is -0.351 e. The molecule has 4 nitrogen and oxygen atoms in total. The van der Waals surface area contributed by atoms with Crippen LogP contribution in [-0.4, -0.2) is 34.8 Å². The zero-order chi connectivity index (χ0) is 14.8. The molecule has 0 radical (unpaired) electrons. The first-order valence-electron chi connectivity index (χ1n) is 6.98. The lowest BCUT2D eigenvalue weighted by Gasteiger charge is -2.32. The van der Waals surface area contributed by atoms with E-state index in [0.29, 0.717) is 19.4 Å². The maximum absolute atomic E-state index is 11.9. The molecule has 0 aliphatic carbocycles. The number of amides is 2. The van der Waals surface area contributed by atoms with Gasteiger partial charge in [0.2, 0.25) is 11.8 Å². The zero-order valence-electron chi connectivity index (χ0n) is 12.3. The van der Waals surface area contributed by atoms with E-state index in [2.05, 4.69) is 5.32 Å². The van der Waals surface area contributed by atoms with Gasteiger partial charge in [0.15, 0.2) is 0 Å². The third kappa shape index (κ3) is 3.82. The quantitative estimate of drug-likeness (QED) is 0.925. The fraction of sp³-hybridized carbons (Fsp3) is 0.600. The number of carbonyl (C=O) groups excluding carboxylic acids is 2. The van der Waals surface area contributed by atoms with Crippen LogP contribution in [0.15, 0.2) is 17.5 Å². The number of nitrogens with zero attached hydrogens (tertiary/aromatic N) is 1. The molecule has 0 spiro atoms. The molecule has 110 valence electrons. The van der Waals surface area contributed by atoms with Gasteiger partial charge in [0, 0.05) is 29.8 Å². The van der Waals surface area contributed by atoms with Crippen molar-refractivity contribution in [3.05, 3.63) is 22.4 Å². The van der Waals surface area contributed by atoms with E-state index < -0.39 is 0 Å². The highest BCUT2D eigenvalue weighted by Gasteiger charge is 2.36. The molecular formula is C15H22N2O2S. The monoisotopic (exact) mass is 294 g/mol. The fourth-order valence-corrected chi connectivity index (χ4v) is 3.15. The van der Waals surface area contributed by atoms with Gasteiger partial charge in [-0.3, -0.25) is 9.59 Å². The van der Waals surface area contributed by atoms with Gasteiger partial charge in [0.05, 0.1) is 6.04 Å². The summed E-state index contributed by atoms with van der Waals surface area (Å²) in [5.74, 6) is 0.160. The van der Waals surface area contributed by atoms with E-state index in [-0.39, 0.29) is 23.4 Å². The number of rotatable bonds is 4. The molecule has 1 aromatic heterocycles. The summed E-state index contributed by atoms with van der Waals surface area (Å²) in [7, 11) is 0. The van der Waals surface area contributed by atoms with Crippen molar-refractivity contribution >= 4 is 23.2 Å². The largest absolute Gasteiger partial charge is 0.351 e. The number of thiophene rings is 1. The molecule has 1 saturated heterocycles. The van der Waals surface area contributed by atoms with Crippen LogP contribution >= 0.6 is 11.3 Å². The van der Waals surface area contributed by atoms with Gasteiger partial charge in [-0.05, 0) is 38.6 Å². The molecule has 0 bridgehead atoms. The summed E-state index contributed by atoms with van der Waals surface area (Å²) in [4.78, 5) is 26.9. The molecule has 1 N–H and O–H groups in total. The van der Waals surface area contributed by atoms with Crippen LogP contribution in [0.2, 0.25) is 0 Å². The number of likely N-dealkylation sites (tertiary alicyclic amines) is 1. The maximum atomic E-state index is 11.9. The minimum absolute atomic E-state index is 0.0342. The number of aryl methyl sites for hydroxylation is 1. The molecule has 1 unspecified atom stereocenters. The normalized spacial score (nSPS) is 19.4. The van der Waals surface area contributed by atoms with Crippen molar-refractivity contribution in [2.24, 2.45) is 0 Å². The van der Waals surface area contributed by atoms with Crippen molar-refractivity contribution in [3.63, 3.8) is 0 Å². The number of hydrogen-bond donors (Lipinski definition) is 1. The average molecular weight is 294 g/mol. The first-order valence-corrected chi connectivity index (χ1v) is 7.86. The number of hydrogen-bond acceptors (Lipinski definition) is 3. The molecule has 0 saturated carbocycles. The van der Waals surface area contributed by atoms with E-state index in [1.807, 2.05) is 43.2 Å². The Morgan fingerprint density at radius 2 is 2.25 bits per heavy atom. The summed E-state index contributed by atoms with van der Waals surface area (Å²) >= 11 is 1.67. The van der Waals surface area contributed by atoms with Gasteiger partial charge in [-0.15, -0.1) is 11.3 Å². The van der Waals surface area contributed by atoms with Gasteiger partial charge in [0.1, 0.15) is 0 Å². The first-order chi connectivity index (χ1) is 9.36. The van der Waals surface area contributed by atoms with Crippen LogP contribution in [0.1, 0.15) is 38.5 Å². The van der Waals surface area contributed by atoms with Crippen molar-refractivity contribution in [1.82, 2.24) is 10.2 Å². The van der Waals surface area contributed by atoms with Gasteiger partial charge >= 0.3 is 0 Å². The van der Waals surface area contributed by atoms with Crippen LogP contribution in [0.25, 0.3) is 0 Å². The van der Waals surface area contributed by atoms with Crippen LogP contribution < -0.4 is 5.32 Å². The Labute approximate surface area is 124 Å². The zero-order valence-corrected chi connectivity index (χ0v) is 13.1. The summed E-state index contributed by atoms with van der Waals surface area (Å²) < 4.78 is 0. The first kappa shape index (κ1) is 15.0. The second-order valence-electron chi connectivity index (χ2n) is 6.22. The summed E-state index contributed by atoms with van der Waals surface area (Å²) in [6.07, 6.45) is 1.68. The fourth-order valence-electron chi connectivity index (χ4n) is 2.44. The van der Waals surface area contributed by atoms with E-state index in [4.69, 9.17) is 0 Å². The van der Waals surface area contributed by atoms with Gasteiger partial charge < -0.3 is 10.2 Å². The molecule has 20 heavy (non-hydrogen) atoms. The van der Waals surface area contributed by atoms with E-state index in [1.165, 1.54) is 4.88 Å². The molecule has 2 amide bonds. The molecule has 0 aromatic carbocycles. The van der Waals surface area contributed by atoms with E-state index in [0.717, 1.165) is 6.42 Å². The van der Waals surface area contributed by atoms with E-state index >= 15 is 0 Å². The predicted octanol–water partition coefficient (Wildman–Crippen LogP) is 2.20. The lowest BCUT2D eigenvalue weighted by molar-refractivity contribution is -0.131. The van der Waals surface area contributed by atoms with Crippen molar-refractivity contribution in [1.29, 1.82) is 0 Å². The Bertz CT molecular complexity index is 477. The second kappa shape index (κ2) is 5.95. The van der Waals surface area contributed by atoms with Crippen LogP contribution in [0.5, 0.6) is 0 Å². The van der Waals surface area contributed by atoms with Crippen molar-refractivity contribution in [3.8, 4) is 0 Å². The molecule has 1 fully saturated rings. The molecule has 1 atom stereocenters. The highest BCUT2D eigenvalue weighted by molar-refractivity contribution is 7.09. The van der Waals surface area contributed by atoms with E-state index in [1.54, 1.807) is 11.3 Å². The summed E-state index contributed by atoms with van der Waals surface area (Å²) in [6.45, 7) is 6.68. The third-order valence-corrected chi connectivity index (χ3v) is 4.41. The Hall–Kier alpha value is -1.36. The van der Waals surface area contributed by atoms with Crippen LogP contribution in [-0.2, 0) is 16.0 Å². The topological polar surface area (TPSA) is 49.4 Å². The maximum Gasteiger partial charge on any atom is 0.225 e. The van der Waals surface area contributed by atoms with Gasteiger partial charge in [-0.2, -0.15) is 0 Å². The molecular weight excluding hydrogens is 272 g/mol. The Morgan fingerprint density at radius 1 is 1.50 bits per heavy atom. The Kier molecular flexibility index (Phi) is 4.48.